The van der Waals surface area contributed by atoms with Crippen LogP contribution in [0.2, 0.25) is 0 Å². The van der Waals surface area contributed by atoms with Gasteiger partial charge in [0.15, 0.2) is 17.5 Å². The summed E-state index contributed by atoms with van der Waals surface area (Å²) in [5.74, 6) is 0.638. The molecule has 0 unspecified atom stereocenters. The van der Waals surface area contributed by atoms with Gasteiger partial charge < -0.3 is 11.1 Å². The van der Waals surface area contributed by atoms with Crippen LogP contribution < -0.4 is 11.1 Å². The SMILES string of the molecule is CCc1ncc(F)c(-n2nc(N)c3c2C(C)(C)NC3)n1. The fourth-order valence-electron chi connectivity index (χ4n) is 2.54. The van der Waals surface area contributed by atoms with Crippen molar-refractivity contribution in [1.29, 1.82) is 0 Å². The second-order valence-electron chi connectivity index (χ2n) is 5.41. The van der Waals surface area contributed by atoms with Crippen molar-refractivity contribution in [1.82, 2.24) is 25.1 Å². The molecule has 1 aliphatic heterocycles. The van der Waals surface area contributed by atoms with Crippen molar-refractivity contribution in [3.05, 3.63) is 29.1 Å². The molecule has 0 fully saturated rings. The number of aryl methyl sites for hydroxylation is 1. The van der Waals surface area contributed by atoms with Gasteiger partial charge in [-0.1, -0.05) is 6.92 Å². The minimum absolute atomic E-state index is 0.154. The first-order chi connectivity index (χ1) is 9.44. The molecule has 2 aromatic rings. The van der Waals surface area contributed by atoms with Crippen LogP contribution in [-0.2, 0) is 18.5 Å². The molecule has 0 aliphatic carbocycles. The lowest BCUT2D eigenvalue weighted by molar-refractivity contribution is 0.416. The van der Waals surface area contributed by atoms with Crippen molar-refractivity contribution in [3.63, 3.8) is 0 Å². The van der Waals surface area contributed by atoms with E-state index in [1.165, 1.54) is 10.9 Å². The number of hydrogen-bond donors (Lipinski definition) is 2. The summed E-state index contributed by atoms with van der Waals surface area (Å²) in [5.41, 5.74) is 7.37. The van der Waals surface area contributed by atoms with E-state index >= 15 is 0 Å². The van der Waals surface area contributed by atoms with Crippen molar-refractivity contribution >= 4 is 5.82 Å². The van der Waals surface area contributed by atoms with Crippen LogP contribution in [0.25, 0.3) is 5.82 Å². The van der Waals surface area contributed by atoms with Gasteiger partial charge in [-0.15, -0.1) is 5.10 Å². The lowest BCUT2D eigenvalue weighted by atomic mass is 10.0. The first kappa shape index (κ1) is 13.0. The molecule has 2 aromatic heterocycles. The minimum Gasteiger partial charge on any atom is -0.382 e. The van der Waals surface area contributed by atoms with Gasteiger partial charge in [0.25, 0.3) is 0 Å². The fourth-order valence-corrected chi connectivity index (χ4v) is 2.54. The second kappa shape index (κ2) is 4.24. The summed E-state index contributed by atoms with van der Waals surface area (Å²) < 4.78 is 15.6. The van der Waals surface area contributed by atoms with E-state index in [2.05, 4.69) is 20.4 Å². The van der Waals surface area contributed by atoms with Crippen molar-refractivity contribution in [3.8, 4) is 5.82 Å². The summed E-state index contributed by atoms with van der Waals surface area (Å²) in [6, 6.07) is 0. The highest BCUT2D eigenvalue weighted by molar-refractivity contribution is 5.50. The molecule has 0 saturated carbocycles. The van der Waals surface area contributed by atoms with E-state index in [0.717, 1.165) is 11.3 Å². The molecule has 0 bridgehead atoms. The third-order valence-corrected chi connectivity index (χ3v) is 3.61. The van der Waals surface area contributed by atoms with E-state index in [-0.39, 0.29) is 11.4 Å². The number of nitrogen functional groups attached to an aromatic ring is 1. The van der Waals surface area contributed by atoms with Gasteiger partial charge in [-0.2, -0.15) is 0 Å². The van der Waals surface area contributed by atoms with Gasteiger partial charge in [0.1, 0.15) is 5.82 Å². The second-order valence-corrected chi connectivity index (χ2v) is 5.41. The highest BCUT2D eigenvalue weighted by Gasteiger charge is 2.37. The number of hydrogen-bond acceptors (Lipinski definition) is 5. The Morgan fingerprint density at radius 3 is 2.95 bits per heavy atom. The first-order valence-corrected chi connectivity index (χ1v) is 6.58. The highest BCUT2D eigenvalue weighted by atomic mass is 19.1. The van der Waals surface area contributed by atoms with E-state index in [9.17, 15) is 4.39 Å². The van der Waals surface area contributed by atoms with Crippen molar-refractivity contribution in [2.24, 2.45) is 0 Å². The maximum Gasteiger partial charge on any atom is 0.193 e. The molecular weight excluding hydrogens is 259 g/mol. The van der Waals surface area contributed by atoms with Crippen LogP contribution in [0.5, 0.6) is 0 Å². The Labute approximate surface area is 116 Å². The Morgan fingerprint density at radius 1 is 1.50 bits per heavy atom. The van der Waals surface area contributed by atoms with Crippen LogP contribution in [0, 0.1) is 5.82 Å². The molecule has 3 rings (SSSR count). The number of nitrogens with zero attached hydrogens (tertiary/aromatic N) is 4. The molecule has 20 heavy (non-hydrogen) atoms. The zero-order chi connectivity index (χ0) is 14.5. The summed E-state index contributed by atoms with van der Waals surface area (Å²) in [6.07, 6.45) is 1.81. The molecule has 0 amide bonds. The molecule has 0 aromatic carbocycles. The molecule has 0 saturated heterocycles. The summed E-state index contributed by atoms with van der Waals surface area (Å²) in [7, 11) is 0. The Hall–Kier alpha value is -2.02. The molecule has 0 atom stereocenters. The van der Waals surface area contributed by atoms with Gasteiger partial charge >= 0.3 is 0 Å². The highest BCUT2D eigenvalue weighted by Crippen LogP contribution is 2.35. The molecule has 6 nitrogen and oxygen atoms in total. The van der Waals surface area contributed by atoms with Crippen molar-refractivity contribution in [2.75, 3.05) is 5.73 Å². The minimum atomic E-state index is -0.504. The predicted octanol–water partition coefficient (Wildman–Crippen LogP) is 1.28. The average Bonchev–Trinajstić information content (AvgIpc) is 2.90. The van der Waals surface area contributed by atoms with E-state index in [1.807, 2.05) is 20.8 Å². The maximum absolute atomic E-state index is 14.1. The van der Waals surface area contributed by atoms with Gasteiger partial charge in [-0.25, -0.2) is 19.0 Å². The van der Waals surface area contributed by atoms with Crippen LogP contribution >= 0.6 is 0 Å². The smallest absolute Gasteiger partial charge is 0.193 e. The quantitative estimate of drug-likeness (QED) is 0.863. The number of anilines is 1. The largest absolute Gasteiger partial charge is 0.382 e. The molecule has 0 spiro atoms. The first-order valence-electron chi connectivity index (χ1n) is 6.58. The van der Waals surface area contributed by atoms with E-state index in [4.69, 9.17) is 5.73 Å². The zero-order valence-electron chi connectivity index (χ0n) is 11.7. The van der Waals surface area contributed by atoms with Crippen molar-refractivity contribution in [2.45, 2.75) is 39.3 Å². The van der Waals surface area contributed by atoms with Gasteiger partial charge in [-0.05, 0) is 13.8 Å². The summed E-state index contributed by atoms with van der Waals surface area (Å²) in [6.45, 7) is 6.57. The Balaban J connectivity index is 2.24. The number of rotatable bonds is 2. The lowest BCUT2D eigenvalue weighted by Gasteiger charge is -2.21. The molecule has 0 radical (unpaired) electrons. The van der Waals surface area contributed by atoms with Crippen LogP contribution in [0.1, 0.15) is 37.9 Å². The van der Waals surface area contributed by atoms with Crippen LogP contribution in [0.15, 0.2) is 6.20 Å². The summed E-state index contributed by atoms with van der Waals surface area (Å²) >= 11 is 0. The molecule has 3 N–H and O–H groups in total. The summed E-state index contributed by atoms with van der Waals surface area (Å²) in [4.78, 5) is 8.19. The van der Waals surface area contributed by atoms with Crippen LogP contribution in [-0.4, -0.2) is 19.7 Å². The van der Waals surface area contributed by atoms with Crippen molar-refractivity contribution < 1.29 is 4.39 Å². The van der Waals surface area contributed by atoms with Gasteiger partial charge in [0, 0.05) is 18.5 Å². The number of aromatic nitrogens is 4. The number of nitrogens with one attached hydrogen (secondary N) is 1. The average molecular weight is 276 g/mol. The summed E-state index contributed by atoms with van der Waals surface area (Å²) in [5, 5.41) is 7.59. The van der Waals surface area contributed by atoms with E-state index in [1.54, 1.807) is 0 Å². The molecule has 1 aliphatic rings. The monoisotopic (exact) mass is 276 g/mol. The number of fused-ring (bicyclic) bond motifs is 1. The van der Waals surface area contributed by atoms with Crippen LogP contribution in [0.3, 0.4) is 0 Å². The number of halogens is 1. The Bertz CT molecular complexity index is 676. The van der Waals surface area contributed by atoms with Gasteiger partial charge in [0.05, 0.1) is 17.4 Å². The van der Waals surface area contributed by atoms with E-state index < -0.39 is 5.82 Å². The standard InChI is InChI=1S/C13H17FN6/c1-4-9-16-6-8(14)12(18-9)20-10-7(11(15)19-20)5-17-13(10,2)3/h6,17H,4-5H2,1-3H3,(H2,15,19). The van der Waals surface area contributed by atoms with E-state index in [0.29, 0.717) is 24.6 Å². The molecule has 7 heteroatoms. The van der Waals surface area contributed by atoms with Gasteiger partial charge in [-0.3, -0.25) is 0 Å². The third kappa shape index (κ3) is 1.77. The fraction of sp³-hybridized carbons (Fsp3) is 0.462. The number of nitrogens with two attached hydrogens (primary N) is 1. The molecule has 3 heterocycles. The molecular formula is C13H17FN6. The van der Waals surface area contributed by atoms with Crippen LogP contribution in [0.4, 0.5) is 10.2 Å². The lowest BCUT2D eigenvalue weighted by Crippen LogP contribution is -2.32. The third-order valence-electron chi connectivity index (χ3n) is 3.61. The Morgan fingerprint density at radius 2 is 2.25 bits per heavy atom. The topological polar surface area (TPSA) is 81.7 Å². The zero-order valence-corrected chi connectivity index (χ0v) is 11.7. The normalized spacial score (nSPS) is 16.4. The maximum atomic E-state index is 14.1. The predicted molar refractivity (Wildman–Crippen MR) is 72.8 cm³/mol. The Kier molecular flexibility index (Phi) is 2.75. The molecule has 106 valence electrons. The van der Waals surface area contributed by atoms with Gasteiger partial charge in [0.2, 0.25) is 0 Å².